The van der Waals surface area contributed by atoms with Crippen LogP contribution in [0.1, 0.15) is 38.7 Å². The monoisotopic (exact) mass is 295 g/mol. The van der Waals surface area contributed by atoms with Gasteiger partial charge in [0.2, 0.25) is 0 Å². The maximum Gasteiger partial charge on any atom is 0.0881 e. The highest BCUT2D eigenvalue weighted by Gasteiger charge is 2.41. The van der Waals surface area contributed by atoms with E-state index in [0.29, 0.717) is 6.04 Å². The Kier molecular flexibility index (Phi) is 6.21. The normalized spacial score (nSPS) is 19.6. The van der Waals surface area contributed by atoms with Gasteiger partial charge in [0.15, 0.2) is 0 Å². The number of nitrogens with one attached hydrogen (secondary N) is 1. The minimum absolute atomic E-state index is 0.113. The molecule has 1 aliphatic heterocycles. The summed E-state index contributed by atoms with van der Waals surface area (Å²) < 4.78 is 13.7. The zero-order valence-corrected chi connectivity index (χ0v) is 13.6. The van der Waals surface area contributed by atoms with Crippen LogP contribution in [0.5, 0.6) is 0 Å². The van der Waals surface area contributed by atoms with Gasteiger partial charge in [0, 0.05) is 51.9 Å². The molecule has 2 heterocycles. The standard InChI is InChI=1S/C16H29N3O2/c1-4-8-17-15(11-14-12-18-19(3)13-14)16(21-5-2)6-9-20-10-7-16/h12-13,15,17H,4-11H2,1-3H3. The van der Waals surface area contributed by atoms with Crippen LogP contribution in [0.2, 0.25) is 0 Å². The number of hydrogen-bond donors (Lipinski definition) is 1. The van der Waals surface area contributed by atoms with Gasteiger partial charge in [-0.15, -0.1) is 0 Å². The highest BCUT2D eigenvalue weighted by molar-refractivity contribution is 5.10. The maximum absolute atomic E-state index is 6.24. The first kappa shape index (κ1) is 16.5. The smallest absolute Gasteiger partial charge is 0.0881 e. The summed E-state index contributed by atoms with van der Waals surface area (Å²) in [6.07, 6.45) is 8.06. The largest absolute Gasteiger partial charge is 0.381 e. The summed E-state index contributed by atoms with van der Waals surface area (Å²) in [6, 6.07) is 0.311. The van der Waals surface area contributed by atoms with Gasteiger partial charge in [0.05, 0.1) is 11.8 Å². The van der Waals surface area contributed by atoms with Crippen LogP contribution in [0.4, 0.5) is 0 Å². The van der Waals surface area contributed by atoms with Crippen LogP contribution in [0.15, 0.2) is 12.4 Å². The Balaban J connectivity index is 2.14. The van der Waals surface area contributed by atoms with Crippen LogP contribution in [0.3, 0.4) is 0 Å². The second-order valence-electron chi connectivity index (χ2n) is 5.84. The van der Waals surface area contributed by atoms with Crippen LogP contribution in [0, 0.1) is 0 Å². The van der Waals surface area contributed by atoms with Crippen molar-refractivity contribution in [2.45, 2.75) is 51.2 Å². The van der Waals surface area contributed by atoms with Gasteiger partial charge in [-0.1, -0.05) is 6.92 Å². The summed E-state index contributed by atoms with van der Waals surface area (Å²) in [5, 5.41) is 7.99. The number of aryl methyl sites for hydroxylation is 1. The molecule has 0 aliphatic carbocycles. The van der Waals surface area contributed by atoms with Gasteiger partial charge in [0.1, 0.15) is 0 Å². The summed E-state index contributed by atoms with van der Waals surface area (Å²) in [5.41, 5.74) is 1.15. The topological polar surface area (TPSA) is 48.3 Å². The Bertz CT molecular complexity index is 408. The predicted octanol–water partition coefficient (Wildman–Crippen LogP) is 1.92. The Morgan fingerprint density at radius 2 is 2.19 bits per heavy atom. The van der Waals surface area contributed by atoms with E-state index in [1.54, 1.807) is 0 Å². The number of aromatic nitrogens is 2. The molecule has 1 N–H and O–H groups in total. The van der Waals surface area contributed by atoms with Gasteiger partial charge in [-0.2, -0.15) is 5.10 Å². The lowest BCUT2D eigenvalue weighted by Gasteiger charge is -2.43. The third-order valence-electron chi connectivity index (χ3n) is 4.24. The van der Waals surface area contributed by atoms with E-state index >= 15 is 0 Å². The molecule has 5 heteroatoms. The summed E-state index contributed by atoms with van der Waals surface area (Å²) in [5.74, 6) is 0. The summed E-state index contributed by atoms with van der Waals surface area (Å²) in [6.45, 7) is 7.62. The van der Waals surface area contributed by atoms with Crippen LogP contribution < -0.4 is 5.32 Å². The Morgan fingerprint density at radius 1 is 1.43 bits per heavy atom. The van der Waals surface area contributed by atoms with E-state index in [1.807, 2.05) is 17.9 Å². The van der Waals surface area contributed by atoms with E-state index in [0.717, 1.165) is 52.0 Å². The van der Waals surface area contributed by atoms with Crippen molar-refractivity contribution >= 4 is 0 Å². The molecule has 21 heavy (non-hydrogen) atoms. The van der Waals surface area contributed by atoms with Gasteiger partial charge in [0.25, 0.3) is 0 Å². The van der Waals surface area contributed by atoms with Gasteiger partial charge in [-0.3, -0.25) is 4.68 Å². The molecule has 2 rings (SSSR count). The second kappa shape index (κ2) is 7.92. The molecular formula is C16H29N3O2. The first-order valence-corrected chi connectivity index (χ1v) is 8.13. The third kappa shape index (κ3) is 4.28. The maximum atomic E-state index is 6.24. The minimum atomic E-state index is -0.113. The highest BCUT2D eigenvalue weighted by atomic mass is 16.5. The van der Waals surface area contributed by atoms with Crippen LogP contribution in [-0.2, 0) is 22.9 Å². The Morgan fingerprint density at radius 3 is 2.76 bits per heavy atom. The molecular weight excluding hydrogens is 266 g/mol. The lowest BCUT2D eigenvalue weighted by atomic mass is 9.83. The highest BCUT2D eigenvalue weighted by Crippen LogP contribution is 2.31. The van der Waals surface area contributed by atoms with Crippen molar-refractivity contribution < 1.29 is 9.47 Å². The summed E-state index contributed by atoms with van der Waals surface area (Å²) >= 11 is 0. The fourth-order valence-corrected chi connectivity index (χ4v) is 3.17. The van der Waals surface area contributed by atoms with E-state index in [4.69, 9.17) is 9.47 Å². The quantitative estimate of drug-likeness (QED) is 0.796. The summed E-state index contributed by atoms with van der Waals surface area (Å²) in [4.78, 5) is 0. The van der Waals surface area contributed by atoms with E-state index < -0.39 is 0 Å². The number of ether oxygens (including phenoxy) is 2. The van der Waals surface area contributed by atoms with Crippen molar-refractivity contribution in [1.82, 2.24) is 15.1 Å². The van der Waals surface area contributed by atoms with E-state index in [2.05, 4.69) is 30.5 Å². The van der Waals surface area contributed by atoms with Crippen LogP contribution in [0.25, 0.3) is 0 Å². The van der Waals surface area contributed by atoms with E-state index in [9.17, 15) is 0 Å². The molecule has 1 atom stereocenters. The SMILES string of the molecule is CCCNC(Cc1cnn(C)c1)C1(OCC)CCOCC1. The average Bonchev–Trinajstić information content (AvgIpc) is 2.90. The molecule has 5 nitrogen and oxygen atoms in total. The second-order valence-corrected chi connectivity index (χ2v) is 5.84. The zero-order valence-electron chi connectivity index (χ0n) is 13.6. The lowest BCUT2D eigenvalue weighted by Crippen LogP contribution is -2.56. The minimum Gasteiger partial charge on any atom is -0.381 e. The number of nitrogens with zero attached hydrogens (tertiary/aromatic N) is 2. The van der Waals surface area contributed by atoms with Crippen molar-refractivity contribution in [1.29, 1.82) is 0 Å². The number of rotatable bonds is 8. The fraction of sp³-hybridized carbons (Fsp3) is 0.812. The lowest BCUT2D eigenvalue weighted by molar-refractivity contribution is -0.126. The molecule has 1 saturated heterocycles. The van der Waals surface area contributed by atoms with Crippen molar-refractivity contribution in [2.75, 3.05) is 26.4 Å². The van der Waals surface area contributed by atoms with E-state index in [-0.39, 0.29) is 5.60 Å². The van der Waals surface area contributed by atoms with Crippen molar-refractivity contribution in [3.05, 3.63) is 18.0 Å². The molecule has 1 aliphatic rings. The van der Waals surface area contributed by atoms with E-state index in [1.165, 1.54) is 5.56 Å². The molecule has 1 aromatic heterocycles. The zero-order chi connectivity index (χ0) is 15.1. The summed E-state index contributed by atoms with van der Waals surface area (Å²) in [7, 11) is 1.96. The third-order valence-corrected chi connectivity index (χ3v) is 4.24. The molecule has 1 unspecified atom stereocenters. The molecule has 0 aromatic carbocycles. The molecule has 0 spiro atoms. The molecule has 0 amide bonds. The molecule has 1 fully saturated rings. The number of hydrogen-bond acceptors (Lipinski definition) is 4. The van der Waals surface area contributed by atoms with Gasteiger partial charge in [-0.05, 0) is 31.9 Å². The molecule has 0 radical (unpaired) electrons. The first-order chi connectivity index (χ1) is 10.2. The van der Waals surface area contributed by atoms with Crippen molar-refractivity contribution in [2.24, 2.45) is 7.05 Å². The van der Waals surface area contributed by atoms with Gasteiger partial charge >= 0.3 is 0 Å². The molecule has 0 bridgehead atoms. The predicted molar refractivity (Wildman–Crippen MR) is 83.4 cm³/mol. The average molecular weight is 295 g/mol. The van der Waals surface area contributed by atoms with Crippen molar-refractivity contribution in [3.8, 4) is 0 Å². The van der Waals surface area contributed by atoms with Gasteiger partial charge < -0.3 is 14.8 Å². The van der Waals surface area contributed by atoms with Crippen LogP contribution >= 0.6 is 0 Å². The Hall–Kier alpha value is -0.910. The fourth-order valence-electron chi connectivity index (χ4n) is 3.17. The molecule has 120 valence electrons. The van der Waals surface area contributed by atoms with Crippen LogP contribution in [-0.4, -0.2) is 47.8 Å². The van der Waals surface area contributed by atoms with Crippen molar-refractivity contribution in [3.63, 3.8) is 0 Å². The Labute approximate surface area is 128 Å². The molecule has 1 aromatic rings. The first-order valence-electron chi connectivity index (χ1n) is 8.13. The van der Waals surface area contributed by atoms with Gasteiger partial charge in [-0.25, -0.2) is 0 Å². The molecule has 0 saturated carbocycles.